The van der Waals surface area contributed by atoms with E-state index in [0.717, 1.165) is 56.5 Å². The minimum Gasteiger partial charge on any atom is -0.495 e. The van der Waals surface area contributed by atoms with Crippen molar-refractivity contribution in [2.75, 3.05) is 29.3 Å². The van der Waals surface area contributed by atoms with Gasteiger partial charge in [0, 0.05) is 30.7 Å². The number of aliphatic hydroxyl groups excluding tert-OH is 1. The summed E-state index contributed by atoms with van der Waals surface area (Å²) >= 11 is 0. The lowest BCUT2D eigenvalue weighted by molar-refractivity contribution is -0.122. The predicted molar refractivity (Wildman–Crippen MR) is 153 cm³/mol. The van der Waals surface area contributed by atoms with Crippen LogP contribution in [0, 0.1) is 5.92 Å². The number of methoxy groups -OCH3 is 1. The molecule has 1 aromatic heterocycles. The average Bonchev–Trinajstić information content (AvgIpc) is 3.66. The maximum Gasteiger partial charge on any atom is 0.251 e. The van der Waals surface area contributed by atoms with Gasteiger partial charge in [0.05, 0.1) is 31.0 Å². The van der Waals surface area contributed by atoms with Gasteiger partial charge in [0.15, 0.2) is 5.82 Å². The number of nitrogens with one attached hydrogen (secondary N) is 2. The summed E-state index contributed by atoms with van der Waals surface area (Å²) in [7, 11) is 3.42. The van der Waals surface area contributed by atoms with Crippen molar-refractivity contribution in [3.63, 3.8) is 0 Å². The lowest BCUT2D eigenvalue weighted by Crippen LogP contribution is -2.46. The highest BCUT2D eigenvalue weighted by Crippen LogP contribution is 2.45. The Morgan fingerprint density at radius 2 is 1.82 bits per heavy atom. The molecular formula is C30H40N6O4. The number of carbonyl (C=O) groups is 2. The molecule has 214 valence electrons. The van der Waals surface area contributed by atoms with Crippen molar-refractivity contribution in [3.05, 3.63) is 30.0 Å². The number of aromatic nitrogens is 2. The Kier molecular flexibility index (Phi) is 7.53. The molecule has 0 bridgehead atoms. The Hall–Kier alpha value is -3.40. The fraction of sp³-hybridized carbons (Fsp3) is 0.600. The average molecular weight is 549 g/mol. The van der Waals surface area contributed by atoms with Crippen molar-refractivity contribution in [3.8, 4) is 5.75 Å². The third-order valence-corrected chi connectivity index (χ3v) is 9.30. The molecule has 6 rings (SSSR count). The van der Waals surface area contributed by atoms with E-state index < -0.39 is 0 Å². The molecule has 3 aliphatic carbocycles. The van der Waals surface area contributed by atoms with Crippen LogP contribution in [0.5, 0.6) is 5.75 Å². The van der Waals surface area contributed by atoms with Crippen molar-refractivity contribution in [1.82, 2.24) is 15.3 Å². The van der Waals surface area contributed by atoms with Gasteiger partial charge in [0.25, 0.3) is 5.91 Å². The molecule has 2 atom stereocenters. The number of hydrogen-bond donors (Lipinski definition) is 3. The Bertz CT molecular complexity index is 1260. The maximum atomic E-state index is 13.4. The summed E-state index contributed by atoms with van der Waals surface area (Å²) < 4.78 is 5.64. The minimum absolute atomic E-state index is 0.00586. The molecule has 2 aromatic rings. The van der Waals surface area contributed by atoms with Gasteiger partial charge in [-0.25, -0.2) is 4.98 Å². The Morgan fingerprint density at radius 1 is 1.05 bits per heavy atom. The van der Waals surface area contributed by atoms with Gasteiger partial charge in [-0.3, -0.25) is 9.59 Å². The molecule has 4 aliphatic rings. The highest BCUT2D eigenvalue weighted by Gasteiger charge is 2.46. The van der Waals surface area contributed by atoms with Crippen LogP contribution in [0.25, 0.3) is 0 Å². The zero-order valence-corrected chi connectivity index (χ0v) is 23.4. The van der Waals surface area contributed by atoms with Crippen molar-refractivity contribution in [2.24, 2.45) is 5.92 Å². The number of carbonyl (C=O) groups excluding carboxylic acids is 2. The van der Waals surface area contributed by atoms with Crippen LogP contribution in [-0.4, -0.2) is 65.3 Å². The molecule has 3 saturated carbocycles. The molecule has 3 N–H and O–H groups in total. The quantitative estimate of drug-likeness (QED) is 0.492. The van der Waals surface area contributed by atoms with Crippen LogP contribution in [-0.2, 0) is 4.79 Å². The van der Waals surface area contributed by atoms with E-state index in [1.165, 1.54) is 12.8 Å². The van der Waals surface area contributed by atoms with Crippen molar-refractivity contribution < 1.29 is 19.4 Å². The van der Waals surface area contributed by atoms with Crippen LogP contribution in [0.15, 0.2) is 24.4 Å². The van der Waals surface area contributed by atoms with E-state index in [1.54, 1.807) is 30.3 Å². The highest BCUT2D eigenvalue weighted by atomic mass is 16.5. The van der Waals surface area contributed by atoms with Gasteiger partial charge in [-0.15, -0.1) is 0 Å². The first kappa shape index (κ1) is 26.8. The number of ether oxygens (including phenoxy) is 1. The van der Waals surface area contributed by atoms with Crippen LogP contribution in [0.3, 0.4) is 0 Å². The lowest BCUT2D eigenvalue weighted by Gasteiger charge is -2.36. The number of amides is 2. The number of aliphatic hydroxyl groups is 1. The molecule has 40 heavy (non-hydrogen) atoms. The second-order valence-corrected chi connectivity index (χ2v) is 11.8. The number of rotatable bonds is 6. The molecule has 2 heterocycles. The fourth-order valence-electron chi connectivity index (χ4n) is 7.11. The van der Waals surface area contributed by atoms with Crippen LogP contribution in [0.4, 0.5) is 23.1 Å². The van der Waals surface area contributed by atoms with E-state index in [0.29, 0.717) is 41.8 Å². The van der Waals surface area contributed by atoms with Crippen LogP contribution in [0.2, 0.25) is 0 Å². The van der Waals surface area contributed by atoms with Gasteiger partial charge in [-0.1, -0.05) is 19.3 Å². The Morgan fingerprint density at radius 3 is 2.58 bits per heavy atom. The summed E-state index contributed by atoms with van der Waals surface area (Å²) in [5, 5.41) is 16.1. The number of fused-ring (bicyclic) bond motifs is 2. The second kappa shape index (κ2) is 11.2. The maximum absolute atomic E-state index is 13.4. The lowest BCUT2D eigenvalue weighted by atomic mass is 9.93. The number of benzene rings is 1. The van der Waals surface area contributed by atoms with E-state index in [1.807, 2.05) is 13.1 Å². The summed E-state index contributed by atoms with van der Waals surface area (Å²) in [6.07, 6.45) is 12.1. The smallest absolute Gasteiger partial charge is 0.251 e. The van der Waals surface area contributed by atoms with Crippen LogP contribution >= 0.6 is 0 Å². The Labute approximate surface area is 235 Å². The summed E-state index contributed by atoms with van der Waals surface area (Å²) in [5.41, 5.74) is 1.92. The summed E-state index contributed by atoms with van der Waals surface area (Å²) in [6, 6.07) is 5.92. The van der Waals surface area contributed by atoms with Gasteiger partial charge < -0.3 is 30.3 Å². The summed E-state index contributed by atoms with van der Waals surface area (Å²) in [6.45, 7) is 0. The van der Waals surface area contributed by atoms with Crippen molar-refractivity contribution >= 4 is 35.0 Å². The summed E-state index contributed by atoms with van der Waals surface area (Å²) in [4.78, 5) is 40.1. The van der Waals surface area contributed by atoms with Crippen molar-refractivity contribution in [2.45, 2.75) is 94.9 Å². The van der Waals surface area contributed by atoms with Crippen molar-refractivity contribution in [1.29, 1.82) is 0 Å². The van der Waals surface area contributed by atoms with E-state index in [-0.39, 0.29) is 35.9 Å². The molecule has 0 radical (unpaired) electrons. The molecule has 2 amide bonds. The van der Waals surface area contributed by atoms with Crippen LogP contribution in [0.1, 0.15) is 81.0 Å². The normalized spacial score (nSPS) is 26.7. The zero-order chi connectivity index (χ0) is 27.8. The topological polar surface area (TPSA) is 120 Å². The molecule has 3 fully saturated rings. The van der Waals surface area contributed by atoms with Gasteiger partial charge >= 0.3 is 0 Å². The van der Waals surface area contributed by atoms with E-state index in [2.05, 4.69) is 20.5 Å². The number of hydrogen-bond acceptors (Lipinski definition) is 8. The predicted octanol–water partition coefficient (Wildman–Crippen LogP) is 4.16. The first-order chi connectivity index (χ1) is 19.4. The zero-order valence-electron chi connectivity index (χ0n) is 23.4. The highest BCUT2D eigenvalue weighted by molar-refractivity contribution is 6.00. The van der Waals surface area contributed by atoms with Gasteiger partial charge in [-0.2, -0.15) is 4.98 Å². The third-order valence-electron chi connectivity index (χ3n) is 9.30. The molecule has 1 aliphatic heterocycles. The third kappa shape index (κ3) is 5.09. The molecule has 1 aromatic carbocycles. The first-order valence-electron chi connectivity index (χ1n) is 14.8. The standard InChI is InChI=1S/C30H40N6O4/c1-35-25-17-31-30(34-27(25)36(20-6-3-4-7-20)24-9-5-8-22(24)29(35)39)33-23-15-10-18(16-26(23)40-2)28(38)32-19-11-13-21(37)14-12-19/h10,15-17,19-22,24,37H,3-9,11-14H2,1-2H3,(H,32,38)(H,31,33,34). The molecule has 0 spiro atoms. The van der Waals surface area contributed by atoms with Crippen LogP contribution < -0.4 is 25.2 Å². The number of anilines is 4. The SMILES string of the molecule is COc1cc(C(=O)NC2CCC(O)CC2)ccc1Nc1ncc2c(n1)N(C1CCCC1)C1CCCC1C(=O)N2C. The van der Waals surface area contributed by atoms with E-state index in [9.17, 15) is 14.7 Å². The van der Waals surface area contributed by atoms with Gasteiger partial charge in [0.2, 0.25) is 11.9 Å². The molecular weight excluding hydrogens is 508 g/mol. The van der Waals surface area contributed by atoms with E-state index in [4.69, 9.17) is 9.72 Å². The molecule has 10 heteroatoms. The minimum atomic E-state index is -0.264. The van der Waals surface area contributed by atoms with E-state index >= 15 is 0 Å². The monoisotopic (exact) mass is 548 g/mol. The van der Waals surface area contributed by atoms with Gasteiger partial charge in [-0.05, 0) is 69.6 Å². The Balaban J connectivity index is 1.26. The largest absolute Gasteiger partial charge is 0.495 e. The van der Waals surface area contributed by atoms with Gasteiger partial charge in [0.1, 0.15) is 11.4 Å². The number of nitrogens with zero attached hydrogens (tertiary/aromatic N) is 4. The second-order valence-electron chi connectivity index (χ2n) is 11.8. The molecule has 2 unspecified atom stereocenters. The molecule has 10 nitrogen and oxygen atoms in total. The fourth-order valence-corrected chi connectivity index (χ4v) is 7.11. The molecule has 0 saturated heterocycles. The summed E-state index contributed by atoms with van der Waals surface area (Å²) in [5.74, 6) is 1.76. The first-order valence-corrected chi connectivity index (χ1v) is 14.8.